The molecule has 0 fully saturated rings. The Morgan fingerprint density at radius 2 is 2.00 bits per heavy atom. The first kappa shape index (κ1) is 9.15. The maximum absolute atomic E-state index is 5.20. The van der Waals surface area contributed by atoms with Gasteiger partial charge in [0.05, 0.1) is 11.0 Å². The molecule has 0 saturated carbocycles. The Morgan fingerprint density at radius 1 is 1.29 bits per heavy atom. The standard InChI is InChI=1S/C10H11N3S/c1-13(2)9-10(14)12-8-6-4-3-5-7(8)11-9/h3-6H,1-2H3,(H,12,14). The highest BCUT2D eigenvalue weighted by molar-refractivity contribution is 7.71. The van der Waals surface area contributed by atoms with Crippen molar-refractivity contribution in [3.63, 3.8) is 0 Å². The van der Waals surface area contributed by atoms with E-state index >= 15 is 0 Å². The lowest BCUT2D eigenvalue weighted by Crippen LogP contribution is -2.11. The molecule has 72 valence electrons. The molecular formula is C10H11N3S. The third kappa shape index (κ3) is 1.48. The van der Waals surface area contributed by atoms with Crippen LogP contribution in [-0.4, -0.2) is 24.1 Å². The van der Waals surface area contributed by atoms with Crippen LogP contribution in [0.5, 0.6) is 0 Å². The van der Waals surface area contributed by atoms with Crippen molar-refractivity contribution in [2.24, 2.45) is 0 Å². The minimum absolute atomic E-state index is 0.675. The van der Waals surface area contributed by atoms with Gasteiger partial charge in [-0.3, -0.25) is 0 Å². The molecule has 0 aliphatic carbocycles. The van der Waals surface area contributed by atoms with Crippen molar-refractivity contribution in [2.75, 3.05) is 19.0 Å². The molecule has 0 saturated heterocycles. The highest BCUT2D eigenvalue weighted by Crippen LogP contribution is 2.14. The van der Waals surface area contributed by atoms with Gasteiger partial charge in [0.15, 0.2) is 5.82 Å². The number of fused-ring (bicyclic) bond motifs is 1. The van der Waals surface area contributed by atoms with Crippen molar-refractivity contribution in [3.05, 3.63) is 28.9 Å². The van der Waals surface area contributed by atoms with Crippen LogP contribution in [0, 0.1) is 4.64 Å². The van der Waals surface area contributed by atoms with Crippen molar-refractivity contribution >= 4 is 29.1 Å². The number of nitrogens with zero attached hydrogens (tertiary/aromatic N) is 2. The minimum atomic E-state index is 0.675. The molecule has 2 rings (SSSR count). The van der Waals surface area contributed by atoms with Gasteiger partial charge in [0.25, 0.3) is 0 Å². The first-order valence-electron chi connectivity index (χ1n) is 4.35. The number of benzene rings is 1. The van der Waals surface area contributed by atoms with E-state index in [-0.39, 0.29) is 0 Å². The first-order chi connectivity index (χ1) is 6.68. The second-order valence-electron chi connectivity index (χ2n) is 3.30. The predicted octanol–water partition coefficient (Wildman–Crippen LogP) is 2.36. The van der Waals surface area contributed by atoms with Gasteiger partial charge >= 0.3 is 0 Å². The summed E-state index contributed by atoms with van der Waals surface area (Å²) < 4.78 is 0.675. The Balaban J connectivity index is 2.78. The summed E-state index contributed by atoms with van der Waals surface area (Å²) in [5.41, 5.74) is 1.91. The molecule has 1 aromatic heterocycles. The van der Waals surface area contributed by atoms with E-state index in [1.54, 1.807) is 0 Å². The first-order valence-corrected chi connectivity index (χ1v) is 4.75. The Hall–Kier alpha value is -1.42. The number of hydrogen-bond acceptors (Lipinski definition) is 3. The quantitative estimate of drug-likeness (QED) is 0.725. The number of para-hydroxylation sites is 2. The van der Waals surface area contributed by atoms with Crippen LogP contribution >= 0.6 is 12.2 Å². The number of H-pyrrole nitrogens is 1. The molecule has 14 heavy (non-hydrogen) atoms. The summed E-state index contributed by atoms with van der Waals surface area (Å²) in [6.45, 7) is 0. The van der Waals surface area contributed by atoms with Crippen molar-refractivity contribution in [2.45, 2.75) is 0 Å². The molecule has 0 aliphatic rings. The zero-order valence-corrected chi connectivity index (χ0v) is 8.93. The Morgan fingerprint density at radius 3 is 2.71 bits per heavy atom. The maximum Gasteiger partial charge on any atom is 0.164 e. The predicted molar refractivity (Wildman–Crippen MR) is 61.3 cm³/mol. The second kappa shape index (κ2) is 3.38. The average molecular weight is 205 g/mol. The Bertz CT molecular complexity index is 516. The molecule has 2 aromatic rings. The average Bonchev–Trinajstić information content (AvgIpc) is 2.16. The number of nitrogens with one attached hydrogen (secondary N) is 1. The lowest BCUT2D eigenvalue weighted by Gasteiger charge is -2.11. The molecule has 0 radical (unpaired) electrons. The SMILES string of the molecule is CN(C)c1nc2ccccc2[nH]c1=S. The fraction of sp³-hybridized carbons (Fsp3) is 0.200. The van der Waals surface area contributed by atoms with Gasteiger partial charge < -0.3 is 9.88 Å². The molecule has 1 N–H and O–H groups in total. The fourth-order valence-corrected chi connectivity index (χ4v) is 1.66. The number of rotatable bonds is 1. The van der Waals surface area contributed by atoms with Crippen LogP contribution in [0.25, 0.3) is 11.0 Å². The number of anilines is 1. The van der Waals surface area contributed by atoms with Crippen LogP contribution in [0.4, 0.5) is 5.82 Å². The third-order valence-electron chi connectivity index (χ3n) is 2.01. The topological polar surface area (TPSA) is 31.9 Å². The van der Waals surface area contributed by atoms with Crippen molar-refractivity contribution in [1.29, 1.82) is 0 Å². The van der Waals surface area contributed by atoms with Crippen LogP contribution in [0.2, 0.25) is 0 Å². The summed E-state index contributed by atoms with van der Waals surface area (Å²) in [6, 6.07) is 7.86. The van der Waals surface area contributed by atoms with Crippen LogP contribution in [-0.2, 0) is 0 Å². The zero-order chi connectivity index (χ0) is 10.1. The summed E-state index contributed by atoms with van der Waals surface area (Å²) in [4.78, 5) is 9.52. The summed E-state index contributed by atoms with van der Waals surface area (Å²) in [5.74, 6) is 0.804. The maximum atomic E-state index is 5.20. The van der Waals surface area contributed by atoms with E-state index in [1.807, 2.05) is 43.3 Å². The van der Waals surface area contributed by atoms with Gasteiger partial charge in [-0.25, -0.2) is 4.98 Å². The molecule has 0 unspecified atom stereocenters. The van der Waals surface area contributed by atoms with Gasteiger partial charge in [-0.1, -0.05) is 24.4 Å². The molecule has 0 atom stereocenters. The zero-order valence-electron chi connectivity index (χ0n) is 8.11. The molecule has 1 aromatic carbocycles. The van der Waals surface area contributed by atoms with E-state index in [1.165, 1.54) is 0 Å². The molecule has 3 nitrogen and oxygen atoms in total. The van der Waals surface area contributed by atoms with Crippen molar-refractivity contribution in [1.82, 2.24) is 9.97 Å². The van der Waals surface area contributed by atoms with Gasteiger partial charge in [0, 0.05) is 14.1 Å². The van der Waals surface area contributed by atoms with Gasteiger partial charge in [-0.05, 0) is 12.1 Å². The summed E-state index contributed by atoms with van der Waals surface area (Å²) in [7, 11) is 3.86. The van der Waals surface area contributed by atoms with E-state index < -0.39 is 0 Å². The number of hydrogen-bond donors (Lipinski definition) is 1. The molecule has 0 aliphatic heterocycles. The van der Waals surface area contributed by atoms with E-state index in [4.69, 9.17) is 12.2 Å². The largest absolute Gasteiger partial charge is 0.360 e. The minimum Gasteiger partial charge on any atom is -0.360 e. The van der Waals surface area contributed by atoms with Crippen LogP contribution < -0.4 is 4.90 Å². The van der Waals surface area contributed by atoms with Gasteiger partial charge in [0.1, 0.15) is 4.64 Å². The smallest absolute Gasteiger partial charge is 0.164 e. The normalized spacial score (nSPS) is 10.4. The monoisotopic (exact) mass is 205 g/mol. The fourth-order valence-electron chi connectivity index (χ4n) is 1.32. The highest BCUT2D eigenvalue weighted by atomic mass is 32.1. The number of aromatic amines is 1. The lowest BCUT2D eigenvalue weighted by atomic mass is 10.3. The van der Waals surface area contributed by atoms with Crippen LogP contribution in [0.1, 0.15) is 0 Å². The molecule has 0 amide bonds. The van der Waals surface area contributed by atoms with E-state index in [0.717, 1.165) is 16.9 Å². The van der Waals surface area contributed by atoms with Crippen molar-refractivity contribution < 1.29 is 0 Å². The van der Waals surface area contributed by atoms with Crippen molar-refractivity contribution in [3.8, 4) is 0 Å². The summed E-state index contributed by atoms with van der Waals surface area (Å²) in [5, 5.41) is 0. The molecule has 0 spiro atoms. The Labute approximate surface area is 87.4 Å². The highest BCUT2D eigenvalue weighted by Gasteiger charge is 2.02. The van der Waals surface area contributed by atoms with Gasteiger partial charge in [-0.15, -0.1) is 0 Å². The molecule has 4 heteroatoms. The van der Waals surface area contributed by atoms with Crippen LogP contribution in [0.15, 0.2) is 24.3 Å². The van der Waals surface area contributed by atoms with Gasteiger partial charge in [0.2, 0.25) is 0 Å². The summed E-state index contributed by atoms with van der Waals surface area (Å²) >= 11 is 5.20. The Kier molecular flexibility index (Phi) is 2.21. The number of aromatic nitrogens is 2. The third-order valence-corrected chi connectivity index (χ3v) is 2.29. The van der Waals surface area contributed by atoms with E-state index in [9.17, 15) is 0 Å². The van der Waals surface area contributed by atoms with Crippen LogP contribution in [0.3, 0.4) is 0 Å². The lowest BCUT2D eigenvalue weighted by molar-refractivity contribution is 1.06. The molecule has 0 bridgehead atoms. The second-order valence-corrected chi connectivity index (χ2v) is 3.71. The van der Waals surface area contributed by atoms with E-state index in [0.29, 0.717) is 4.64 Å². The summed E-state index contributed by atoms with van der Waals surface area (Å²) in [6.07, 6.45) is 0. The van der Waals surface area contributed by atoms with E-state index in [2.05, 4.69) is 9.97 Å². The molecule has 1 heterocycles. The van der Waals surface area contributed by atoms with Gasteiger partial charge in [-0.2, -0.15) is 0 Å². The molecular weight excluding hydrogens is 194 g/mol.